The molecule has 0 aliphatic rings. The summed E-state index contributed by atoms with van der Waals surface area (Å²) in [5.74, 6) is 0.183. The lowest BCUT2D eigenvalue weighted by atomic mass is 10.2. The molecule has 0 radical (unpaired) electrons. The van der Waals surface area contributed by atoms with Gasteiger partial charge in [0.15, 0.2) is 5.13 Å². The molecule has 0 aromatic carbocycles. The molecule has 124 valence electrons. The molecular formula is C15H20N4O3S. The monoisotopic (exact) mass is 336 g/mol. The third kappa shape index (κ3) is 4.90. The Hall–Kier alpha value is -2.19. The summed E-state index contributed by atoms with van der Waals surface area (Å²) in [5.41, 5.74) is 1.10. The minimum atomic E-state index is -0.274. The molecule has 0 fully saturated rings. The molecule has 8 heteroatoms. The van der Waals surface area contributed by atoms with Crippen LogP contribution in [0.2, 0.25) is 0 Å². The van der Waals surface area contributed by atoms with Crippen molar-refractivity contribution in [1.82, 2.24) is 15.6 Å². The number of carbonyl (C=O) groups is 2. The maximum atomic E-state index is 12.0. The molecule has 2 amide bonds. The maximum Gasteiger partial charge on any atom is 0.260 e. The normalized spacial score (nSPS) is 12.0. The fraction of sp³-hybridized carbons (Fsp3) is 0.400. The van der Waals surface area contributed by atoms with Gasteiger partial charge in [0.05, 0.1) is 23.9 Å². The molecule has 2 aromatic rings. The topological polar surface area (TPSA) is 96.3 Å². The molecular weight excluding hydrogens is 316 g/mol. The molecule has 0 spiro atoms. The second-order valence-electron chi connectivity index (χ2n) is 5.16. The number of anilines is 1. The van der Waals surface area contributed by atoms with Gasteiger partial charge in [-0.05, 0) is 27.0 Å². The van der Waals surface area contributed by atoms with E-state index in [9.17, 15) is 9.59 Å². The average molecular weight is 336 g/mol. The van der Waals surface area contributed by atoms with Gasteiger partial charge in [-0.2, -0.15) is 0 Å². The Morgan fingerprint density at radius 2 is 2.22 bits per heavy atom. The predicted octanol–water partition coefficient (Wildman–Crippen LogP) is 1.56. The van der Waals surface area contributed by atoms with Crippen LogP contribution in [-0.2, 0) is 11.2 Å². The molecule has 0 aliphatic heterocycles. The first kappa shape index (κ1) is 17.2. The van der Waals surface area contributed by atoms with Crippen molar-refractivity contribution in [3.63, 3.8) is 0 Å². The van der Waals surface area contributed by atoms with Crippen molar-refractivity contribution in [2.75, 3.05) is 18.9 Å². The maximum absolute atomic E-state index is 12.0. The van der Waals surface area contributed by atoms with Crippen molar-refractivity contribution in [2.24, 2.45) is 0 Å². The van der Waals surface area contributed by atoms with Crippen LogP contribution in [0.25, 0.3) is 0 Å². The quantitative estimate of drug-likeness (QED) is 0.713. The van der Waals surface area contributed by atoms with E-state index in [-0.39, 0.29) is 24.3 Å². The third-order valence-corrected chi connectivity index (χ3v) is 4.12. The van der Waals surface area contributed by atoms with Crippen molar-refractivity contribution in [3.05, 3.63) is 34.7 Å². The van der Waals surface area contributed by atoms with E-state index in [2.05, 4.69) is 20.9 Å². The fourth-order valence-electron chi connectivity index (χ4n) is 1.83. The molecule has 3 N–H and O–H groups in total. The van der Waals surface area contributed by atoms with Gasteiger partial charge in [0.1, 0.15) is 5.76 Å². The Labute approximate surface area is 138 Å². The van der Waals surface area contributed by atoms with Crippen molar-refractivity contribution >= 4 is 28.3 Å². The standard InChI is InChI=1S/C15H20N4O3S/c1-9(16-3)7-17-13(20)6-11-8-23-15(18-11)19-14(21)12-4-5-22-10(12)2/h4-5,8-9,16H,6-7H2,1-3H3,(H,17,20)(H,18,19,21). The highest BCUT2D eigenvalue weighted by Gasteiger charge is 2.14. The number of amides is 2. The van der Waals surface area contributed by atoms with Gasteiger partial charge in [-0.3, -0.25) is 14.9 Å². The van der Waals surface area contributed by atoms with Crippen molar-refractivity contribution in [2.45, 2.75) is 26.3 Å². The number of furan rings is 1. The van der Waals surface area contributed by atoms with Gasteiger partial charge in [0, 0.05) is 18.0 Å². The van der Waals surface area contributed by atoms with E-state index >= 15 is 0 Å². The van der Waals surface area contributed by atoms with Gasteiger partial charge in [0.25, 0.3) is 5.91 Å². The highest BCUT2D eigenvalue weighted by molar-refractivity contribution is 7.14. The van der Waals surface area contributed by atoms with E-state index in [1.54, 1.807) is 18.4 Å². The summed E-state index contributed by atoms with van der Waals surface area (Å²) in [6.07, 6.45) is 1.65. The fourth-order valence-corrected chi connectivity index (χ4v) is 2.53. The van der Waals surface area contributed by atoms with Crippen LogP contribution in [-0.4, -0.2) is 36.4 Å². The smallest absolute Gasteiger partial charge is 0.260 e. The first-order valence-electron chi connectivity index (χ1n) is 7.23. The Balaban J connectivity index is 1.87. The highest BCUT2D eigenvalue weighted by Crippen LogP contribution is 2.18. The van der Waals surface area contributed by atoms with Crippen LogP contribution in [0.3, 0.4) is 0 Å². The minimum absolute atomic E-state index is 0.0963. The summed E-state index contributed by atoms with van der Waals surface area (Å²) in [7, 11) is 1.84. The van der Waals surface area contributed by atoms with Crippen LogP contribution >= 0.6 is 11.3 Å². The Bertz CT molecular complexity index is 680. The number of likely N-dealkylation sites (N-methyl/N-ethyl adjacent to an activating group) is 1. The Morgan fingerprint density at radius 1 is 1.43 bits per heavy atom. The summed E-state index contributed by atoms with van der Waals surface area (Å²) in [5, 5.41) is 10.8. The number of carbonyl (C=O) groups excluding carboxylic acids is 2. The molecule has 0 saturated heterocycles. The lowest BCUT2D eigenvalue weighted by molar-refractivity contribution is -0.120. The van der Waals surface area contributed by atoms with Crippen LogP contribution in [0.15, 0.2) is 22.1 Å². The van der Waals surface area contributed by atoms with Crippen molar-refractivity contribution in [1.29, 1.82) is 0 Å². The number of thiazole rings is 1. The Kier molecular flexibility index (Phi) is 5.89. The van der Waals surface area contributed by atoms with E-state index < -0.39 is 0 Å². The van der Waals surface area contributed by atoms with Crippen LogP contribution in [0, 0.1) is 6.92 Å². The summed E-state index contributed by atoms with van der Waals surface area (Å²) in [6, 6.07) is 1.82. The zero-order valence-corrected chi connectivity index (χ0v) is 14.1. The number of aryl methyl sites for hydroxylation is 1. The van der Waals surface area contributed by atoms with Crippen molar-refractivity contribution < 1.29 is 14.0 Å². The summed E-state index contributed by atoms with van der Waals surface area (Å²) >= 11 is 1.29. The first-order valence-corrected chi connectivity index (χ1v) is 8.11. The number of aromatic nitrogens is 1. The van der Waals surface area contributed by atoms with E-state index in [4.69, 9.17) is 4.42 Å². The summed E-state index contributed by atoms with van der Waals surface area (Å²) in [6.45, 7) is 4.26. The molecule has 2 rings (SSSR count). The molecule has 23 heavy (non-hydrogen) atoms. The van der Waals surface area contributed by atoms with Crippen LogP contribution in [0.5, 0.6) is 0 Å². The molecule has 0 bridgehead atoms. The van der Waals surface area contributed by atoms with Gasteiger partial charge >= 0.3 is 0 Å². The molecule has 0 aliphatic carbocycles. The van der Waals surface area contributed by atoms with Gasteiger partial charge in [-0.25, -0.2) is 4.98 Å². The zero-order valence-electron chi connectivity index (χ0n) is 13.3. The van der Waals surface area contributed by atoms with Gasteiger partial charge < -0.3 is 15.1 Å². The second-order valence-corrected chi connectivity index (χ2v) is 6.02. The number of nitrogens with one attached hydrogen (secondary N) is 3. The second kappa shape index (κ2) is 7.89. The number of hydrogen-bond acceptors (Lipinski definition) is 6. The van der Waals surface area contributed by atoms with Gasteiger partial charge in [-0.1, -0.05) is 0 Å². The van der Waals surface area contributed by atoms with Crippen LogP contribution in [0.4, 0.5) is 5.13 Å². The van der Waals surface area contributed by atoms with Crippen LogP contribution in [0.1, 0.15) is 28.7 Å². The predicted molar refractivity (Wildman–Crippen MR) is 88.7 cm³/mol. The molecule has 2 heterocycles. The molecule has 1 atom stereocenters. The lowest BCUT2D eigenvalue weighted by Gasteiger charge is -2.10. The van der Waals surface area contributed by atoms with E-state index in [0.717, 1.165) is 0 Å². The van der Waals surface area contributed by atoms with E-state index in [1.807, 2.05) is 14.0 Å². The largest absolute Gasteiger partial charge is 0.469 e. The Morgan fingerprint density at radius 3 is 2.87 bits per heavy atom. The number of rotatable bonds is 7. The van der Waals surface area contributed by atoms with Crippen molar-refractivity contribution in [3.8, 4) is 0 Å². The van der Waals surface area contributed by atoms with Crippen LogP contribution < -0.4 is 16.0 Å². The molecule has 2 aromatic heterocycles. The lowest BCUT2D eigenvalue weighted by Crippen LogP contribution is -2.37. The minimum Gasteiger partial charge on any atom is -0.469 e. The highest BCUT2D eigenvalue weighted by atomic mass is 32.1. The number of hydrogen-bond donors (Lipinski definition) is 3. The first-order chi connectivity index (χ1) is 11.0. The molecule has 1 unspecified atom stereocenters. The summed E-state index contributed by atoms with van der Waals surface area (Å²) < 4.78 is 5.10. The SMILES string of the molecule is CNC(C)CNC(=O)Cc1csc(NC(=O)c2ccoc2C)n1. The third-order valence-electron chi connectivity index (χ3n) is 3.32. The molecule has 7 nitrogen and oxygen atoms in total. The van der Waals surface area contributed by atoms with Gasteiger partial charge in [0.2, 0.25) is 5.91 Å². The average Bonchev–Trinajstić information content (AvgIpc) is 3.13. The van der Waals surface area contributed by atoms with Gasteiger partial charge in [-0.15, -0.1) is 11.3 Å². The van der Waals surface area contributed by atoms with E-state index in [0.29, 0.717) is 28.7 Å². The number of nitrogens with zero attached hydrogens (tertiary/aromatic N) is 1. The summed E-state index contributed by atoms with van der Waals surface area (Å²) in [4.78, 5) is 28.1. The molecule has 0 saturated carbocycles. The van der Waals surface area contributed by atoms with E-state index in [1.165, 1.54) is 17.6 Å². The zero-order chi connectivity index (χ0) is 16.8.